The highest BCUT2D eigenvalue weighted by molar-refractivity contribution is 8.01. The van der Waals surface area contributed by atoms with Crippen LogP contribution < -0.4 is 4.90 Å². The number of aliphatic hydroxyl groups is 1. The molecule has 2 aliphatic rings. The maximum Gasteiger partial charge on any atom is 0.247 e. The van der Waals surface area contributed by atoms with E-state index in [1.165, 1.54) is 11.8 Å². The van der Waals surface area contributed by atoms with E-state index >= 15 is 0 Å². The molecule has 2 saturated heterocycles. The SMILES string of the molecule is O=C1[C@@H]2[C@H](O)CS[C@@H]2C(=O)N1c1ccc(Cl)cc1. The molecule has 0 aromatic heterocycles. The highest BCUT2D eigenvalue weighted by Crippen LogP contribution is 2.41. The summed E-state index contributed by atoms with van der Waals surface area (Å²) in [6.07, 6.45) is -0.728. The number of carbonyl (C=O) groups excluding carboxylic acids is 2. The molecular formula is C12H10ClNO3S. The van der Waals surface area contributed by atoms with Crippen molar-refractivity contribution in [2.75, 3.05) is 10.7 Å². The number of benzene rings is 1. The zero-order valence-corrected chi connectivity index (χ0v) is 10.8. The van der Waals surface area contributed by atoms with Crippen LogP contribution in [0.3, 0.4) is 0 Å². The molecule has 2 amide bonds. The molecule has 0 saturated carbocycles. The van der Waals surface area contributed by atoms with Crippen molar-refractivity contribution in [2.24, 2.45) is 5.92 Å². The van der Waals surface area contributed by atoms with Gasteiger partial charge in [0.1, 0.15) is 0 Å². The zero-order valence-electron chi connectivity index (χ0n) is 9.25. The number of imide groups is 1. The molecule has 0 bridgehead atoms. The van der Waals surface area contributed by atoms with Gasteiger partial charge in [0.25, 0.3) is 0 Å². The second-order valence-corrected chi connectivity index (χ2v) is 5.95. The molecule has 2 aliphatic heterocycles. The monoisotopic (exact) mass is 283 g/mol. The van der Waals surface area contributed by atoms with Gasteiger partial charge in [-0.15, -0.1) is 11.8 Å². The van der Waals surface area contributed by atoms with Crippen LogP contribution >= 0.6 is 23.4 Å². The fraction of sp³-hybridized carbons (Fsp3) is 0.333. The smallest absolute Gasteiger partial charge is 0.247 e. The molecule has 4 nitrogen and oxygen atoms in total. The van der Waals surface area contributed by atoms with Crippen LogP contribution in [-0.4, -0.2) is 34.0 Å². The Labute approximate surface area is 113 Å². The fourth-order valence-electron chi connectivity index (χ4n) is 2.36. The van der Waals surface area contributed by atoms with Crippen LogP contribution in [0.15, 0.2) is 24.3 Å². The number of hydrogen-bond acceptors (Lipinski definition) is 4. The van der Waals surface area contributed by atoms with E-state index in [4.69, 9.17) is 11.6 Å². The lowest BCUT2D eigenvalue weighted by molar-refractivity contribution is -0.123. The predicted octanol–water partition coefficient (Wildman–Crippen LogP) is 1.31. The highest BCUT2D eigenvalue weighted by atomic mass is 35.5. The normalized spacial score (nSPS) is 31.0. The summed E-state index contributed by atoms with van der Waals surface area (Å²) in [5, 5.41) is 9.86. The number of fused-ring (bicyclic) bond motifs is 1. The minimum absolute atomic E-state index is 0.242. The third-order valence-electron chi connectivity index (χ3n) is 3.24. The number of nitrogens with zero attached hydrogens (tertiary/aromatic N) is 1. The Morgan fingerprint density at radius 1 is 1.22 bits per heavy atom. The largest absolute Gasteiger partial charge is 0.391 e. The van der Waals surface area contributed by atoms with Crippen molar-refractivity contribution >= 4 is 40.9 Å². The summed E-state index contributed by atoms with van der Waals surface area (Å²) in [6.45, 7) is 0. The van der Waals surface area contributed by atoms with Gasteiger partial charge in [-0.3, -0.25) is 9.59 Å². The number of halogens is 1. The van der Waals surface area contributed by atoms with Crippen molar-refractivity contribution in [3.05, 3.63) is 29.3 Å². The van der Waals surface area contributed by atoms with E-state index < -0.39 is 17.3 Å². The number of anilines is 1. The minimum atomic E-state index is -0.728. The lowest BCUT2D eigenvalue weighted by Gasteiger charge is -2.16. The van der Waals surface area contributed by atoms with Gasteiger partial charge < -0.3 is 5.11 Å². The van der Waals surface area contributed by atoms with E-state index in [9.17, 15) is 14.7 Å². The van der Waals surface area contributed by atoms with E-state index in [-0.39, 0.29) is 11.8 Å². The number of amides is 2. The molecule has 94 valence electrons. The van der Waals surface area contributed by atoms with Crippen LogP contribution in [0.4, 0.5) is 5.69 Å². The highest BCUT2D eigenvalue weighted by Gasteiger charge is 2.55. The number of carbonyl (C=O) groups is 2. The van der Waals surface area contributed by atoms with Crippen LogP contribution in [0.25, 0.3) is 0 Å². The van der Waals surface area contributed by atoms with Gasteiger partial charge in [-0.1, -0.05) is 11.6 Å². The Morgan fingerprint density at radius 2 is 1.89 bits per heavy atom. The first-order valence-corrected chi connectivity index (χ1v) is 6.95. The Bertz CT molecular complexity index is 519. The van der Waals surface area contributed by atoms with Crippen LogP contribution in [0, 0.1) is 5.92 Å². The molecule has 2 fully saturated rings. The molecular weight excluding hydrogens is 274 g/mol. The fourth-order valence-corrected chi connectivity index (χ4v) is 3.85. The summed E-state index contributed by atoms with van der Waals surface area (Å²) in [7, 11) is 0. The molecule has 1 aromatic rings. The van der Waals surface area contributed by atoms with Gasteiger partial charge in [-0.2, -0.15) is 0 Å². The van der Waals surface area contributed by atoms with E-state index in [0.717, 1.165) is 4.90 Å². The molecule has 1 aromatic carbocycles. The van der Waals surface area contributed by atoms with Crippen molar-refractivity contribution in [2.45, 2.75) is 11.4 Å². The van der Waals surface area contributed by atoms with Gasteiger partial charge in [-0.05, 0) is 24.3 Å². The zero-order chi connectivity index (χ0) is 12.9. The second kappa shape index (κ2) is 4.26. The van der Waals surface area contributed by atoms with Crippen LogP contribution in [-0.2, 0) is 9.59 Å². The maximum atomic E-state index is 12.2. The summed E-state index contributed by atoms with van der Waals surface area (Å²) in [4.78, 5) is 25.5. The first-order chi connectivity index (χ1) is 8.59. The van der Waals surface area contributed by atoms with Crippen LogP contribution in [0.5, 0.6) is 0 Å². The Hall–Kier alpha value is -1.04. The summed E-state index contributed by atoms with van der Waals surface area (Å²) >= 11 is 7.12. The number of aliphatic hydroxyl groups excluding tert-OH is 1. The lowest BCUT2D eigenvalue weighted by Crippen LogP contribution is -2.34. The summed E-state index contributed by atoms with van der Waals surface area (Å²) in [5.74, 6) is -0.710. The van der Waals surface area contributed by atoms with Crippen molar-refractivity contribution in [3.8, 4) is 0 Å². The first-order valence-electron chi connectivity index (χ1n) is 5.52. The molecule has 3 rings (SSSR count). The quantitative estimate of drug-likeness (QED) is 0.790. The van der Waals surface area contributed by atoms with Crippen molar-refractivity contribution in [1.29, 1.82) is 0 Å². The Kier molecular flexibility index (Phi) is 2.84. The maximum absolute atomic E-state index is 12.2. The molecule has 2 heterocycles. The van der Waals surface area contributed by atoms with Gasteiger partial charge in [0.2, 0.25) is 11.8 Å². The third-order valence-corrected chi connectivity index (χ3v) is 4.88. The Morgan fingerprint density at radius 3 is 2.50 bits per heavy atom. The summed E-state index contributed by atoms with van der Waals surface area (Å²) < 4.78 is 0. The van der Waals surface area contributed by atoms with Gasteiger partial charge in [0, 0.05) is 10.8 Å². The van der Waals surface area contributed by atoms with E-state index in [1.54, 1.807) is 24.3 Å². The summed E-state index contributed by atoms with van der Waals surface area (Å²) in [6, 6.07) is 6.54. The Balaban J connectivity index is 1.97. The van der Waals surface area contributed by atoms with E-state index in [1.807, 2.05) is 0 Å². The van der Waals surface area contributed by atoms with Crippen molar-refractivity contribution in [3.63, 3.8) is 0 Å². The van der Waals surface area contributed by atoms with Gasteiger partial charge in [0.05, 0.1) is 23.0 Å². The van der Waals surface area contributed by atoms with Gasteiger partial charge in [0.15, 0.2) is 0 Å². The lowest BCUT2D eigenvalue weighted by atomic mass is 10.0. The predicted molar refractivity (Wildman–Crippen MR) is 69.7 cm³/mol. The molecule has 18 heavy (non-hydrogen) atoms. The average Bonchev–Trinajstić information content (AvgIpc) is 2.83. The molecule has 0 radical (unpaired) electrons. The molecule has 6 heteroatoms. The molecule has 0 unspecified atom stereocenters. The molecule has 0 aliphatic carbocycles. The van der Waals surface area contributed by atoms with E-state index in [2.05, 4.69) is 0 Å². The van der Waals surface area contributed by atoms with E-state index in [0.29, 0.717) is 16.5 Å². The second-order valence-electron chi connectivity index (χ2n) is 4.34. The number of thioether (sulfide) groups is 1. The van der Waals surface area contributed by atoms with Crippen molar-refractivity contribution in [1.82, 2.24) is 0 Å². The third kappa shape index (κ3) is 1.66. The first kappa shape index (κ1) is 12.0. The molecule has 0 spiro atoms. The number of rotatable bonds is 1. The average molecular weight is 284 g/mol. The van der Waals surface area contributed by atoms with Crippen molar-refractivity contribution < 1.29 is 14.7 Å². The van der Waals surface area contributed by atoms with Crippen LogP contribution in [0.2, 0.25) is 5.02 Å². The minimum Gasteiger partial charge on any atom is -0.391 e. The standard InChI is InChI=1S/C12H10ClNO3S/c13-6-1-3-7(4-2-6)14-11(16)9-8(15)5-18-10(9)12(14)17/h1-4,8-10,15H,5H2/t8-,9-,10+/m1/s1. The summed E-state index contributed by atoms with van der Waals surface area (Å²) in [5.41, 5.74) is 0.511. The molecule has 3 atom stereocenters. The number of hydrogen-bond donors (Lipinski definition) is 1. The van der Waals surface area contributed by atoms with Gasteiger partial charge in [-0.25, -0.2) is 4.90 Å². The molecule has 1 N–H and O–H groups in total. The topological polar surface area (TPSA) is 57.6 Å². The van der Waals surface area contributed by atoms with Gasteiger partial charge >= 0.3 is 0 Å². The van der Waals surface area contributed by atoms with Crippen LogP contribution in [0.1, 0.15) is 0 Å².